The van der Waals surface area contributed by atoms with Gasteiger partial charge >= 0.3 is 12.2 Å². The van der Waals surface area contributed by atoms with Gasteiger partial charge < -0.3 is 39.7 Å². The summed E-state index contributed by atoms with van der Waals surface area (Å²) in [5.41, 5.74) is 6.42. The summed E-state index contributed by atoms with van der Waals surface area (Å²) in [7, 11) is 4.18. The SMILES string of the molecule is COC(=O)N[C@H](C(=O)N1CCCC1c1ncc(-c2ccc(-c3ccc(-c4cnc([C@@H]5CCCN5C(=O)[C@H](Cc5ccncc5)N(C)C(=O)O)[nH]4)cc3)cc2)[nH]1)[C@@H](C)OC. The predicted octanol–water partition coefficient (Wildman–Crippen LogP) is 5.84. The molecule has 0 radical (unpaired) electrons. The van der Waals surface area contributed by atoms with Gasteiger partial charge in [0, 0.05) is 46.1 Å². The van der Waals surface area contributed by atoms with Crippen LogP contribution in [0.2, 0.25) is 0 Å². The Labute approximate surface area is 342 Å². The third kappa shape index (κ3) is 8.82. The molecule has 1 unspecified atom stereocenters. The molecular weight excluding hydrogens is 755 g/mol. The Morgan fingerprint density at radius 1 is 0.797 bits per heavy atom. The fourth-order valence-corrected chi connectivity index (χ4v) is 7.96. The lowest BCUT2D eigenvalue weighted by molar-refractivity contribution is -0.138. The van der Waals surface area contributed by atoms with Crippen LogP contribution in [0, 0.1) is 0 Å². The van der Waals surface area contributed by atoms with Crippen LogP contribution in [0.3, 0.4) is 0 Å². The minimum atomic E-state index is -1.16. The summed E-state index contributed by atoms with van der Waals surface area (Å²) in [6.45, 7) is 2.78. The minimum absolute atomic E-state index is 0.244. The molecule has 7 rings (SSSR count). The Hall–Kier alpha value is -6.55. The van der Waals surface area contributed by atoms with E-state index < -0.39 is 30.4 Å². The van der Waals surface area contributed by atoms with E-state index in [9.17, 15) is 24.3 Å². The number of hydrogen-bond donors (Lipinski definition) is 4. The number of imidazole rings is 2. The topological polar surface area (TPSA) is 199 Å². The first-order valence-electron chi connectivity index (χ1n) is 19.7. The van der Waals surface area contributed by atoms with Gasteiger partial charge in [-0.25, -0.2) is 19.6 Å². The van der Waals surface area contributed by atoms with Gasteiger partial charge in [-0.1, -0.05) is 48.5 Å². The summed E-state index contributed by atoms with van der Waals surface area (Å²) in [4.78, 5) is 76.4. The number of likely N-dealkylation sites (N-methyl/N-ethyl adjacent to an activating group) is 1. The van der Waals surface area contributed by atoms with Gasteiger partial charge in [0.1, 0.15) is 23.7 Å². The molecule has 4 amide bonds. The third-order valence-corrected chi connectivity index (χ3v) is 11.4. The minimum Gasteiger partial charge on any atom is -0.465 e. The van der Waals surface area contributed by atoms with E-state index in [1.807, 2.05) is 24.3 Å². The van der Waals surface area contributed by atoms with Crippen molar-refractivity contribution in [2.24, 2.45) is 0 Å². The first kappa shape index (κ1) is 40.6. The largest absolute Gasteiger partial charge is 0.465 e. The average molecular weight is 804 g/mol. The highest BCUT2D eigenvalue weighted by Gasteiger charge is 2.40. The van der Waals surface area contributed by atoms with E-state index in [1.54, 1.807) is 53.6 Å². The number of alkyl carbamates (subject to hydrolysis) is 1. The van der Waals surface area contributed by atoms with Crippen LogP contribution in [0.5, 0.6) is 0 Å². The second-order valence-corrected chi connectivity index (χ2v) is 14.9. The molecule has 2 aromatic carbocycles. The van der Waals surface area contributed by atoms with Gasteiger partial charge in [-0.2, -0.15) is 0 Å². The number of carbonyl (C=O) groups excluding carboxylic acids is 3. The van der Waals surface area contributed by atoms with Crippen LogP contribution < -0.4 is 5.32 Å². The van der Waals surface area contributed by atoms with Crippen LogP contribution in [0.1, 0.15) is 61.9 Å². The van der Waals surface area contributed by atoms with Gasteiger partial charge in [0.15, 0.2) is 0 Å². The predicted molar refractivity (Wildman–Crippen MR) is 218 cm³/mol. The second kappa shape index (κ2) is 17.9. The Morgan fingerprint density at radius 3 is 1.76 bits per heavy atom. The molecule has 0 bridgehead atoms. The molecular formula is C43H49N9O7. The Morgan fingerprint density at radius 2 is 1.29 bits per heavy atom. The number of nitrogens with zero attached hydrogens (tertiary/aromatic N) is 6. The van der Waals surface area contributed by atoms with E-state index in [4.69, 9.17) is 9.47 Å². The Kier molecular flexibility index (Phi) is 12.4. The van der Waals surface area contributed by atoms with Crippen molar-refractivity contribution in [1.82, 2.24) is 44.9 Å². The Bertz CT molecular complexity index is 2240. The molecule has 2 fully saturated rings. The number of nitrogens with one attached hydrogen (secondary N) is 3. The van der Waals surface area contributed by atoms with Gasteiger partial charge in [0.2, 0.25) is 11.8 Å². The van der Waals surface area contributed by atoms with Crippen molar-refractivity contribution in [2.45, 2.75) is 69.3 Å². The van der Waals surface area contributed by atoms with Crippen LogP contribution in [0.15, 0.2) is 85.5 Å². The zero-order valence-electron chi connectivity index (χ0n) is 33.5. The van der Waals surface area contributed by atoms with Crippen molar-refractivity contribution in [1.29, 1.82) is 0 Å². The number of ether oxygens (including phenoxy) is 2. The normalized spacial score (nSPS) is 18.0. The molecule has 2 aliphatic rings. The smallest absolute Gasteiger partial charge is 0.407 e. The summed E-state index contributed by atoms with van der Waals surface area (Å²) >= 11 is 0. The summed E-state index contributed by atoms with van der Waals surface area (Å²) < 4.78 is 10.1. The summed E-state index contributed by atoms with van der Waals surface area (Å²) in [6.07, 6.45) is 7.68. The molecule has 5 aromatic rings. The van der Waals surface area contributed by atoms with E-state index in [0.29, 0.717) is 24.7 Å². The monoisotopic (exact) mass is 803 g/mol. The molecule has 2 aliphatic heterocycles. The molecule has 0 spiro atoms. The zero-order valence-corrected chi connectivity index (χ0v) is 33.5. The van der Waals surface area contributed by atoms with Gasteiger partial charge in [-0.3, -0.25) is 19.5 Å². The van der Waals surface area contributed by atoms with E-state index in [0.717, 1.165) is 69.8 Å². The molecule has 0 saturated carbocycles. The van der Waals surface area contributed by atoms with Crippen LogP contribution >= 0.6 is 0 Å². The number of hydrogen-bond acceptors (Lipinski definition) is 9. The first-order valence-corrected chi connectivity index (χ1v) is 19.7. The van der Waals surface area contributed by atoms with E-state index in [-0.39, 0.29) is 30.3 Å². The molecule has 16 nitrogen and oxygen atoms in total. The highest BCUT2D eigenvalue weighted by atomic mass is 16.5. The zero-order chi connectivity index (χ0) is 41.6. The summed E-state index contributed by atoms with van der Waals surface area (Å²) in [5.74, 6) is 0.841. The summed E-state index contributed by atoms with van der Waals surface area (Å²) in [6, 6.07) is 17.5. The molecule has 0 aliphatic carbocycles. The van der Waals surface area contributed by atoms with Crippen LogP contribution in [-0.2, 0) is 25.5 Å². The van der Waals surface area contributed by atoms with Gasteiger partial charge in [0.05, 0.1) is 49.1 Å². The number of methoxy groups -OCH3 is 2. The number of aromatic amines is 2. The van der Waals surface area contributed by atoms with Gasteiger partial charge in [-0.05, 0) is 72.6 Å². The van der Waals surface area contributed by atoms with Crippen molar-refractivity contribution in [3.63, 3.8) is 0 Å². The van der Waals surface area contributed by atoms with Gasteiger partial charge in [-0.15, -0.1) is 0 Å². The number of rotatable bonds is 13. The van der Waals surface area contributed by atoms with Crippen LogP contribution in [-0.4, -0.2) is 121 Å². The van der Waals surface area contributed by atoms with E-state index in [1.165, 1.54) is 21.3 Å². The number of carboxylic acid groups (broad SMARTS) is 1. The second-order valence-electron chi connectivity index (χ2n) is 14.9. The maximum atomic E-state index is 13.9. The number of amides is 4. The fraction of sp³-hybridized carbons (Fsp3) is 0.372. The summed E-state index contributed by atoms with van der Waals surface area (Å²) in [5, 5.41) is 12.4. The first-order chi connectivity index (χ1) is 28.6. The number of aromatic nitrogens is 5. The van der Waals surface area contributed by atoms with Crippen molar-refractivity contribution in [3.8, 4) is 33.6 Å². The maximum absolute atomic E-state index is 13.9. The van der Waals surface area contributed by atoms with Crippen LogP contribution in [0.4, 0.5) is 9.59 Å². The number of H-pyrrole nitrogens is 2. The van der Waals surface area contributed by atoms with Crippen LogP contribution in [0.25, 0.3) is 33.6 Å². The molecule has 5 heterocycles. The molecule has 16 heteroatoms. The molecule has 308 valence electrons. The maximum Gasteiger partial charge on any atom is 0.407 e. The quantitative estimate of drug-likeness (QED) is 0.112. The van der Waals surface area contributed by atoms with Gasteiger partial charge in [0.25, 0.3) is 0 Å². The molecule has 5 atom stereocenters. The number of carbonyl (C=O) groups is 4. The van der Waals surface area contributed by atoms with Crippen molar-refractivity contribution in [2.75, 3.05) is 34.4 Å². The standard InChI is InChI=1S/C43H49N9O7/c1-26(58-3)37(49-42(55)59-4)41(54)52-22-6-8-35(52)39-46-25-33(48-39)31-15-11-29(12-16-31)28-9-13-30(14-10-28)32-24-45-38(47-32)34-7-5-21-51(34)40(53)36(50(2)43(56)57)23-27-17-19-44-20-18-27/h9-20,24-26,34-37H,5-8,21-23H2,1-4H3,(H,45,47)(H,46,48)(H,49,55)(H,56,57)/t26-,34+,35?,36+,37+/m1/s1. The van der Waals surface area contributed by atoms with E-state index in [2.05, 4.69) is 54.5 Å². The fourth-order valence-electron chi connectivity index (χ4n) is 7.96. The molecule has 2 saturated heterocycles. The average Bonchev–Trinajstić information content (AvgIpc) is 4.11. The third-order valence-electron chi connectivity index (χ3n) is 11.4. The highest BCUT2D eigenvalue weighted by molar-refractivity contribution is 5.87. The van der Waals surface area contributed by atoms with E-state index >= 15 is 0 Å². The van der Waals surface area contributed by atoms with Crippen molar-refractivity contribution >= 4 is 24.0 Å². The molecule has 4 N–H and O–H groups in total. The molecule has 59 heavy (non-hydrogen) atoms. The number of benzene rings is 2. The lowest BCUT2D eigenvalue weighted by Gasteiger charge is -2.31. The number of likely N-dealkylation sites (tertiary alicyclic amines) is 2. The number of pyridine rings is 1. The van der Waals surface area contributed by atoms with Crippen molar-refractivity contribution in [3.05, 3.63) is 103 Å². The highest BCUT2D eigenvalue weighted by Crippen LogP contribution is 2.35. The lowest BCUT2D eigenvalue weighted by Crippen LogP contribution is -2.54. The van der Waals surface area contributed by atoms with Crippen molar-refractivity contribution < 1.29 is 33.8 Å². The lowest BCUT2D eigenvalue weighted by atomic mass is 10.0. The Balaban J connectivity index is 1.01. The molecule has 3 aromatic heterocycles.